The number of benzene rings is 1. The zero-order valence-corrected chi connectivity index (χ0v) is 16.3. The van der Waals surface area contributed by atoms with Crippen molar-refractivity contribution in [2.75, 3.05) is 6.54 Å². The molecule has 1 aromatic carbocycles. The molecule has 3 heteroatoms. The number of carbonyl (C=O) groups is 1. The fourth-order valence-corrected chi connectivity index (χ4v) is 2.80. The van der Waals surface area contributed by atoms with Gasteiger partial charge < -0.3 is 10.1 Å². The number of ether oxygens (including phenoxy) is 1. The predicted molar refractivity (Wildman–Crippen MR) is 102 cm³/mol. The van der Waals surface area contributed by atoms with Gasteiger partial charge in [0, 0.05) is 6.54 Å². The van der Waals surface area contributed by atoms with Crippen LogP contribution in [0.5, 0.6) is 5.75 Å². The topological polar surface area (TPSA) is 38.3 Å². The first-order valence-electron chi connectivity index (χ1n) is 9.43. The molecule has 0 aliphatic heterocycles. The van der Waals surface area contributed by atoms with Gasteiger partial charge in [0.1, 0.15) is 5.75 Å². The van der Waals surface area contributed by atoms with E-state index < -0.39 is 6.10 Å². The average molecular weight is 334 g/mol. The van der Waals surface area contributed by atoms with E-state index in [1.165, 1.54) is 19.3 Å². The quantitative estimate of drug-likeness (QED) is 0.637. The molecule has 0 aliphatic rings. The first-order chi connectivity index (χ1) is 11.4. The normalized spacial score (nSPS) is 13.6. The second kappa shape index (κ2) is 10.4. The Morgan fingerprint density at radius 3 is 2.50 bits per heavy atom. The highest BCUT2D eigenvalue weighted by atomic mass is 16.5. The highest BCUT2D eigenvalue weighted by Crippen LogP contribution is 2.28. The van der Waals surface area contributed by atoms with E-state index in [1.54, 1.807) is 0 Å². The largest absolute Gasteiger partial charge is 0.481 e. The van der Waals surface area contributed by atoms with Crippen molar-refractivity contribution in [3.05, 3.63) is 29.3 Å². The Bertz CT molecular complexity index is 511. The molecule has 1 rings (SSSR count). The Morgan fingerprint density at radius 1 is 1.21 bits per heavy atom. The molecule has 0 unspecified atom stereocenters. The summed E-state index contributed by atoms with van der Waals surface area (Å²) in [6, 6.07) is 6.21. The van der Waals surface area contributed by atoms with Gasteiger partial charge in [-0.05, 0) is 49.3 Å². The molecule has 0 spiro atoms. The number of aryl methyl sites for hydroxylation is 1. The maximum atomic E-state index is 12.4. The molecular weight excluding hydrogens is 298 g/mol. The highest BCUT2D eigenvalue weighted by molar-refractivity contribution is 5.80. The number of unbranched alkanes of at least 4 members (excludes halogenated alkanes) is 1. The van der Waals surface area contributed by atoms with Gasteiger partial charge >= 0.3 is 0 Å². The summed E-state index contributed by atoms with van der Waals surface area (Å²) in [5, 5.41) is 3.06. The molecule has 136 valence electrons. The minimum Gasteiger partial charge on any atom is -0.481 e. The monoisotopic (exact) mass is 333 g/mol. The number of hydrogen-bond donors (Lipinski definition) is 1. The fourth-order valence-electron chi connectivity index (χ4n) is 2.80. The SMILES string of the molecule is CCCC[C@H](CC)CNC(=O)[C@@H](C)Oc1cc(C)ccc1C(C)C. The van der Waals surface area contributed by atoms with Crippen molar-refractivity contribution in [2.45, 2.75) is 79.2 Å². The number of rotatable bonds is 10. The Labute approximate surface area is 148 Å². The maximum absolute atomic E-state index is 12.4. The molecule has 0 saturated heterocycles. The van der Waals surface area contributed by atoms with Crippen LogP contribution in [0.25, 0.3) is 0 Å². The zero-order valence-electron chi connectivity index (χ0n) is 16.3. The zero-order chi connectivity index (χ0) is 18.1. The molecule has 24 heavy (non-hydrogen) atoms. The molecule has 0 radical (unpaired) electrons. The van der Waals surface area contributed by atoms with E-state index in [9.17, 15) is 4.79 Å². The lowest BCUT2D eigenvalue weighted by Crippen LogP contribution is -2.39. The van der Waals surface area contributed by atoms with Gasteiger partial charge in [0.15, 0.2) is 6.10 Å². The summed E-state index contributed by atoms with van der Waals surface area (Å²) in [5.41, 5.74) is 2.29. The average Bonchev–Trinajstić information content (AvgIpc) is 2.54. The molecule has 2 atom stereocenters. The third-order valence-electron chi connectivity index (χ3n) is 4.57. The Kier molecular flexibility index (Phi) is 8.88. The molecule has 0 aliphatic carbocycles. The first-order valence-corrected chi connectivity index (χ1v) is 9.43. The molecule has 0 fully saturated rings. The summed E-state index contributed by atoms with van der Waals surface area (Å²) in [7, 11) is 0. The van der Waals surface area contributed by atoms with Gasteiger partial charge in [-0.25, -0.2) is 0 Å². The van der Waals surface area contributed by atoms with Crippen LogP contribution in [0.1, 0.15) is 77.3 Å². The van der Waals surface area contributed by atoms with E-state index in [-0.39, 0.29) is 5.91 Å². The summed E-state index contributed by atoms with van der Waals surface area (Å²) in [4.78, 5) is 12.4. The number of nitrogens with one attached hydrogen (secondary N) is 1. The highest BCUT2D eigenvalue weighted by Gasteiger charge is 2.18. The van der Waals surface area contributed by atoms with Crippen LogP contribution in [-0.4, -0.2) is 18.6 Å². The van der Waals surface area contributed by atoms with E-state index >= 15 is 0 Å². The predicted octanol–water partition coefficient (Wildman–Crippen LogP) is 5.22. The Morgan fingerprint density at radius 2 is 1.92 bits per heavy atom. The molecule has 0 bridgehead atoms. The molecule has 0 heterocycles. The van der Waals surface area contributed by atoms with Gasteiger partial charge in [-0.2, -0.15) is 0 Å². The number of amides is 1. The number of hydrogen-bond acceptors (Lipinski definition) is 2. The minimum absolute atomic E-state index is 0.0267. The van der Waals surface area contributed by atoms with E-state index in [4.69, 9.17) is 4.74 Å². The van der Waals surface area contributed by atoms with Gasteiger partial charge in [0.25, 0.3) is 5.91 Å². The lowest BCUT2D eigenvalue weighted by Gasteiger charge is -2.21. The second-order valence-corrected chi connectivity index (χ2v) is 7.12. The van der Waals surface area contributed by atoms with Gasteiger partial charge in [-0.1, -0.05) is 59.1 Å². The molecule has 3 nitrogen and oxygen atoms in total. The van der Waals surface area contributed by atoms with Crippen LogP contribution in [0.15, 0.2) is 18.2 Å². The summed E-state index contributed by atoms with van der Waals surface area (Å²) < 4.78 is 5.98. The Balaban J connectivity index is 2.62. The van der Waals surface area contributed by atoms with Crippen molar-refractivity contribution in [1.82, 2.24) is 5.32 Å². The van der Waals surface area contributed by atoms with E-state index in [0.717, 1.165) is 29.8 Å². The van der Waals surface area contributed by atoms with Gasteiger partial charge in [-0.3, -0.25) is 4.79 Å². The van der Waals surface area contributed by atoms with Crippen molar-refractivity contribution in [1.29, 1.82) is 0 Å². The smallest absolute Gasteiger partial charge is 0.260 e. The first kappa shape index (κ1) is 20.5. The molecule has 1 amide bonds. The standard InChI is InChI=1S/C21H35NO2/c1-7-9-10-18(8-2)14-22-21(23)17(6)24-20-13-16(5)11-12-19(20)15(3)4/h11-13,15,17-18H,7-10,14H2,1-6H3,(H,22,23)/t17-,18+/m1/s1. The molecule has 0 aromatic heterocycles. The van der Waals surface area contributed by atoms with Crippen molar-refractivity contribution in [3.63, 3.8) is 0 Å². The van der Waals surface area contributed by atoms with E-state index in [0.29, 0.717) is 11.8 Å². The minimum atomic E-state index is -0.479. The van der Waals surface area contributed by atoms with E-state index in [2.05, 4.69) is 45.1 Å². The molecule has 0 saturated carbocycles. The Hall–Kier alpha value is -1.51. The lowest BCUT2D eigenvalue weighted by atomic mass is 9.99. The van der Waals surface area contributed by atoms with Crippen molar-refractivity contribution in [2.24, 2.45) is 5.92 Å². The van der Waals surface area contributed by atoms with Crippen LogP contribution in [0, 0.1) is 12.8 Å². The third-order valence-corrected chi connectivity index (χ3v) is 4.57. The van der Waals surface area contributed by atoms with Crippen LogP contribution < -0.4 is 10.1 Å². The van der Waals surface area contributed by atoms with Crippen molar-refractivity contribution in [3.8, 4) is 5.75 Å². The molecule has 1 N–H and O–H groups in total. The van der Waals surface area contributed by atoms with Crippen LogP contribution in [0.4, 0.5) is 0 Å². The van der Waals surface area contributed by atoms with Crippen LogP contribution >= 0.6 is 0 Å². The molecular formula is C21H35NO2. The van der Waals surface area contributed by atoms with Gasteiger partial charge in [-0.15, -0.1) is 0 Å². The summed E-state index contributed by atoms with van der Waals surface area (Å²) in [6.07, 6.45) is 4.23. The fraction of sp³-hybridized carbons (Fsp3) is 0.667. The van der Waals surface area contributed by atoms with Crippen LogP contribution in [0.3, 0.4) is 0 Å². The van der Waals surface area contributed by atoms with Gasteiger partial charge in [0.05, 0.1) is 0 Å². The molecule has 1 aromatic rings. The van der Waals surface area contributed by atoms with Crippen molar-refractivity contribution >= 4 is 5.91 Å². The number of carbonyl (C=O) groups excluding carboxylic acids is 1. The van der Waals surface area contributed by atoms with Crippen molar-refractivity contribution < 1.29 is 9.53 Å². The summed E-state index contributed by atoms with van der Waals surface area (Å²) in [6.45, 7) is 13.3. The van der Waals surface area contributed by atoms with Gasteiger partial charge in [0.2, 0.25) is 0 Å². The summed E-state index contributed by atoms with van der Waals surface area (Å²) in [5.74, 6) is 1.73. The third kappa shape index (κ3) is 6.54. The second-order valence-electron chi connectivity index (χ2n) is 7.12. The summed E-state index contributed by atoms with van der Waals surface area (Å²) >= 11 is 0. The van der Waals surface area contributed by atoms with Crippen LogP contribution in [0.2, 0.25) is 0 Å². The van der Waals surface area contributed by atoms with E-state index in [1.807, 2.05) is 19.9 Å². The maximum Gasteiger partial charge on any atom is 0.260 e. The van der Waals surface area contributed by atoms with Crippen LogP contribution in [-0.2, 0) is 4.79 Å². The lowest BCUT2D eigenvalue weighted by molar-refractivity contribution is -0.127.